The van der Waals surface area contributed by atoms with Crippen LogP contribution >= 0.6 is 0 Å². The summed E-state index contributed by atoms with van der Waals surface area (Å²) < 4.78 is 18.0. The van der Waals surface area contributed by atoms with Gasteiger partial charge in [0.15, 0.2) is 0 Å². The van der Waals surface area contributed by atoms with E-state index in [1.807, 2.05) is 37.3 Å². The fourth-order valence-corrected chi connectivity index (χ4v) is 3.33. The third-order valence-electron chi connectivity index (χ3n) is 4.71. The lowest BCUT2D eigenvalue weighted by molar-refractivity contribution is 0.299. The Morgan fingerprint density at radius 3 is 2.64 bits per heavy atom. The van der Waals surface area contributed by atoms with Crippen molar-refractivity contribution in [2.75, 3.05) is 13.7 Å². The van der Waals surface area contributed by atoms with Gasteiger partial charge in [-0.05, 0) is 42.8 Å². The molecular weight excluding hydrogens is 358 g/mol. The van der Waals surface area contributed by atoms with Crippen LogP contribution in [0.1, 0.15) is 5.56 Å². The van der Waals surface area contributed by atoms with Crippen LogP contribution in [0.4, 0.5) is 0 Å². The minimum absolute atomic E-state index is 0.101. The largest absolute Gasteiger partial charge is 0.497 e. The molecule has 0 amide bonds. The molecule has 0 atom stereocenters. The second-order valence-corrected chi connectivity index (χ2v) is 6.47. The van der Waals surface area contributed by atoms with E-state index in [1.165, 1.54) is 6.07 Å². The molecule has 28 heavy (non-hydrogen) atoms. The lowest BCUT2D eigenvalue weighted by atomic mass is 10.1. The number of hydrogen-bond acceptors (Lipinski definition) is 5. The first-order valence-electron chi connectivity index (χ1n) is 8.91. The average molecular weight is 377 g/mol. The maximum atomic E-state index is 12.5. The number of ether oxygens (including phenoxy) is 2. The van der Waals surface area contributed by atoms with Crippen molar-refractivity contribution in [2.45, 2.75) is 13.5 Å². The standard InChI is InChI=1S/C22H19NO5/c1-14-11-21(24)23(18-8-7-15(26-2)12-17(14)18)9-10-27-20-13-22(25)28-19-6-4-3-5-16(19)20/h3-8,11-13H,9-10H2,1-2H3. The molecule has 6 heteroatoms. The Bertz CT molecular complexity index is 1290. The van der Waals surface area contributed by atoms with Crippen molar-refractivity contribution in [3.8, 4) is 11.5 Å². The van der Waals surface area contributed by atoms with Gasteiger partial charge in [-0.15, -0.1) is 0 Å². The fraction of sp³-hybridized carbons (Fsp3) is 0.182. The quantitative estimate of drug-likeness (QED) is 0.498. The van der Waals surface area contributed by atoms with Gasteiger partial charge >= 0.3 is 5.63 Å². The predicted molar refractivity (Wildman–Crippen MR) is 107 cm³/mol. The Kier molecular flexibility index (Phi) is 4.61. The van der Waals surface area contributed by atoms with Crippen LogP contribution in [0.2, 0.25) is 0 Å². The Balaban J connectivity index is 1.65. The molecule has 2 aromatic carbocycles. The van der Waals surface area contributed by atoms with Gasteiger partial charge in [-0.2, -0.15) is 0 Å². The average Bonchev–Trinajstić information content (AvgIpc) is 2.69. The van der Waals surface area contributed by atoms with Crippen LogP contribution in [0.25, 0.3) is 21.9 Å². The van der Waals surface area contributed by atoms with Gasteiger partial charge in [0.1, 0.15) is 23.7 Å². The zero-order valence-corrected chi connectivity index (χ0v) is 15.6. The highest BCUT2D eigenvalue weighted by atomic mass is 16.5. The minimum atomic E-state index is -0.473. The van der Waals surface area contributed by atoms with Crippen LogP contribution in [0, 0.1) is 6.92 Å². The monoisotopic (exact) mass is 377 g/mol. The maximum absolute atomic E-state index is 12.5. The van der Waals surface area contributed by atoms with Crippen molar-refractivity contribution in [2.24, 2.45) is 0 Å². The summed E-state index contributed by atoms with van der Waals surface area (Å²) in [6.45, 7) is 2.48. The van der Waals surface area contributed by atoms with E-state index < -0.39 is 5.63 Å². The molecule has 2 heterocycles. The summed E-state index contributed by atoms with van der Waals surface area (Å²) in [6.07, 6.45) is 0. The van der Waals surface area contributed by atoms with Gasteiger partial charge < -0.3 is 18.5 Å². The lowest BCUT2D eigenvalue weighted by Crippen LogP contribution is -2.23. The molecule has 6 nitrogen and oxygen atoms in total. The molecule has 2 aromatic heterocycles. The molecule has 0 fully saturated rings. The Hall–Kier alpha value is -3.54. The highest BCUT2D eigenvalue weighted by Crippen LogP contribution is 2.24. The number of aryl methyl sites for hydroxylation is 1. The number of rotatable bonds is 5. The van der Waals surface area contributed by atoms with Gasteiger partial charge in [-0.1, -0.05) is 12.1 Å². The first-order valence-corrected chi connectivity index (χ1v) is 8.91. The van der Waals surface area contributed by atoms with Gasteiger partial charge in [0.05, 0.1) is 30.6 Å². The summed E-state index contributed by atoms with van der Waals surface area (Å²) in [7, 11) is 1.61. The van der Waals surface area contributed by atoms with Crippen molar-refractivity contribution in [3.63, 3.8) is 0 Å². The van der Waals surface area contributed by atoms with Gasteiger partial charge in [-0.3, -0.25) is 4.79 Å². The number of pyridine rings is 1. The molecule has 0 radical (unpaired) electrons. The van der Waals surface area contributed by atoms with Crippen molar-refractivity contribution < 1.29 is 13.9 Å². The van der Waals surface area contributed by atoms with Gasteiger partial charge in [0.2, 0.25) is 0 Å². The number of aromatic nitrogens is 1. The predicted octanol–water partition coefficient (Wildman–Crippen LogP) is 3.50. The van der Waals surface area contributed by atoms with Crippen LogP contribution in [-0.4, -0.2) is 18.3 Å². The minimum Gasteiger partial charge on any atom is -0.497 e. The third-order valence-corrected chi connectivity index (χ3v) is 4.71. The summed E-state index contributed by atoms with van der Waals surface area (Å²) in [5.74, 6) is 1.18. The smallest absolute Gasteiger partial charge is 0.339 e. The van der Waals surface area contributed by atoms with Crippen LogP contribution in [0.3, 0.4) is 0 Å². The zero-order chi connectivity index (χ0) is 19.7. The lowest BCUT2D eigenvalue weighted by Gasteiger charge is -2.14. The summed E-state index contributed by atoms with van der Waals surface area (Å²) in [4.78, 5) is 24.3. The van der Waals surface area contributed by atoms with E-state index in [-0.39, 0.29) is 12.2 Å². The van der Waals surface area contributed by atoms with E-state index in [1.54, 1.807) is 29.9 Å². The molecule has 0 unspecified atom stereocenters. The van der Waals surface area contributed by atoms with Crippen molar-refractivity contribution >= 4 is 21.9 Å². The van der Waals surface area contributed by atoms with Gasteiger partial charge in [-0.25, -0.2) is 4.79 Å². The topological polar surface area (TPSA) is 70.7 Å². The Labute approximate surface area is 160 Å². The number of para-hydroxylation sites is 1. The summed E-state index contributed by atoms with van der Waals surface area (Å²) >= 11 is 0. The number of methoxy groups -OCH3 is 1. The molecule has 0 aliphatic carbocycles. The SMILES string of the molecule is COc1ccc2c(c1)c(C)cc(=O)n2CCOc1cc(=O)oc2ccccc12. The number of fused-ring (bicyclic) bond motifs is 2. The van der Waals surface area contributed by atoms with Crippen molar-refractivity contribution in [1.82, 2.24) is 4.57 Å². The molecule has 142 valence electrons. The summed E-state index contributed by atoms with van der Waals surface area (Å²) in [5.41, 5.74) is 1.60. The van der Waals surface area contributed by atoms with Crippen LogP contribution in [-0.2, 0) is 6.54 Å². The molecule has 0 bridgehead atoms. The summed E-state index contributed by atoms with van der Waals surface area (Å²) in [5, 5.41) is 1.66. The third kappa shape index (κ3) is 3.24. The molecule has 0 aliphatic rings. The molecule has 0 aliphatic heterocycles. The highest BCUT2D eigenvalue weighted by molar-refractivity contribution is 5.84. The van der Waals surface area contributed by atoms with E-state index >= 15 is 0 Å². The number of hydrogen-bond donors (Lipinski definition) is 0. The normalized spacial score (nSPS) is 11.1. The van der Waals surface area contributed by atoms with Crippen LogP contribution in [0.15, 0.2) is 68.6 Å². The first-order chi connectivity index (χ1) is 13.6. The molecule has 4 rings (SSSR count). The highest BCUT2D eigenvalue weighted by Gasteiger charge is 2.10. The van der Waals surface area contributed by atoms with Gasteiger partial charge in [0.25, 0.3) is 5.56 Å². The molecule has 0 saturated heterocycles. The molecule has 0 N–H and O–H groups in total. The van der Waals surface area contributed by atoms with Crippen LogP contribution < -0.4 is 20.7 Å². The van der Waals surface area contributed by atoms with Gasteiger partial charge in [0, 0.05) is 11.5 Å². The number of nitrogens with zero attached hydrogens (tertiary/aromatic N) is 1. The van der Waals surface area contributed by atoms with Crippen molar-refractivity contribution in [3.05, 3.63) is 80.9 Å². The fourth-order valence-electron chi connectivity index (χ4n) is 3.33. The van der Waals surface area contributed by atoms with E-state index in [2.05, 4.69) is 0 Å². The second-order valence-electron chi connectivity index (χ2n) is 6.47. The molecule has 0 saturated carbocycles. The molecule has 4 aromatic rings. The first kappa shape index (κ1) is 17.9. The van der Waals surface area contributed by atoms with E-state index in [0.717, 1.165) is 22.2 Å². The van der Waals surface area contributed by atoms with E-state index in [9.17, 15) is 9.59 Å². The zero-order valence-electron chi connectivity index (χ0n) is 15.6. The Morgan fingerprint density at radius 2 is 1.82 bits per heavy atom. The van der Waals surface area contributed by atoms with E-state index in [0.29, 0.717) is 23.3 Å². The summed E-state index contributed by atoms with van der Waals surface area (Å²) in [6, 6.07) is 15.7. The van der Waals surface area contributed by atoms with Crippen LogP contribution in [0.5, 0.6) is 11.5 Å². The molecular formula is C22H19NO5. The number of benzene rings is 2. The second kappa shape index (κ2) is 7.23. The Morgan fingerprint density at radius 1 is 1.00 bits per heavy atom. The molecule has 0 spiro atoms. The van der Waals surface area contributed by atoms with E-state index in [4.69, 9.17) is 13.9 Å². The maximum Gasteiger partial charge on any atom is 0.339 e. The van der Waals surface area contributed by atoms with Crippen molar-refractivity contribution in [1.29, 1.82) is 0 Å².